The second-order valence-electron chi connectivity index (χ2n) is 7.43. The molecule has 0 aliphatic heterocycles. The van der Waals surface area contributed by atoms with E-state index < -0.39 is 6.10 Å². The van der Waals surface area contributed by atoms with Crippen LogP contribution in [0.4, 0.5) is 5.13 Å². The van der Waals surface area contributed by atoms with E-state index in [0.29, 0.717) is 22.8 Å². The molecule has 1 fully saturated rings. The number of aryl methyl sites for hydroxylation is 1. The van der Waals surface area contributed by atoms with Gasteiger partial charge in [0, 0.05) is 23.2 Å². The quantitative estimate of drug-likeness (QED) is 0.500. The monoisotopic (exact) mass is 408 g/mol. The molecule has 1 saturated carbocycles. The van der Waals surface area contributed by atoms with E-state index in [1.807, 2.05) is 26.0 Å². The molecule has 1 aliphatic carbocycles. The number of amides is 1. The molecule has 0 bridgehead atoms. The van der Waals surface area contributed by atoms with Gasteiger partial charge in [-0.2, -0.15) is 0 Å². The van der Waals surface area contributed by atoms with Crippen LogP contribution in [0.15, 0.2) is 29.1 Å². The number of nitrogens with zero attached hydrogens (tertiary/aromatic N) is 3. The number of aromatic nitrogens is 3. The SMILES string of the molecule is CC[C@@H](O)c1cc(C)c(-c2cc3nc(NC(=O)C4CC4)sc3c3ncoc23)cn1. The van der Waals surface area contributed by atoms with E-state index in [9.17, 15) is 9.90 Å². The number of aliphatic hydroxyl groups excluding tert-OH is 1. The Bertz CT molecular complexity index is 1240. The first-order valence-electron chi connectivity index (χ1n) is 9.67. The highest BCUT2D eigenvalue weighted by Crippen LogP contribution is 2.40. The standard InChI is InChI=1S/C21H20N4O3S/c1-3-16(26)14-6-10(2)13(8-22-14)12-7-15-19(17-18(12)28-9-23-17)29-21(24-15)25-20(27)11-4-5-11/h6-9,11,16,26H,3-5H2,1-2H3,(H,24,25,27)/t16-/m1/s1. The summed E-state index contributed by atoms with van der Waals surface area (Å²) in [7, 11) is 0. The summed E-state index contributed by atoms with van der Waals surface area (Å²) in [5, 5.41) is 13.6. The molecule has 4 aromatic rings. The van der Waals surface area contributed by atoms with Crippen molar-refractivity contribution in [3.63, 3.8) is 0 Å². The summed E-state index contributed by atoms with van der Waals surface area (Å²) in [6.45, 7) is 3.90. The van der Waals surface area contributed by atoms with Crippen molar-refractivity contribution in [3.05, 3.63) is 36.0 Å². The Labute approximate surface area is 170 Å². The van der Waals surface area contributed by atoms with Gasteiger partial charge in [0.05, 0.1) is 22.0 Å². The zero-order valence-electron chi connectivity index (χ0n) is 16.1. The summed E-state index contributed by atoms with van der Waals surface area (Å²) in [4.78, 5) is 25.5. The zero-order chi connectivity index (χ0) is 20.1. The van der Waals surface area contributed by atoms with E-state index in [-0.39, 0.29) is 11.8 Å². The second-order valence-corrected chi connectivity index (χ2v) is 8.43. The molecule has 0 unspecified atom stereocenters. The number of carbonyl (C=O) groups excluding carboxylic acids is 1. The van der Waals surface area contributed by atoms with E-state index in [0.717, 1.165) is 45.3 Å². The Hall–Kier alpha value is -2.84. The Morgan fingerprint density at radius 3 is 2.90 bits per heavy atom. The van der Waals surface area contributed by atoms with E-state index in [1.165, 1.54) is 17.7 Å². The molecule has 1 amide bonds. The van der Waals surface area contributed by atoms with Crippen molar-refractivity contribution in [2.45, 2.75) is 39.2 Å². The van der Waals surface area contributed by atoms with Crippen molar-refractivity contribution >= 4 is 43.7 Å². The van der Waals surface area contributed by atoms with Gasteiger partial charge in [-0.15, -0.1) is 0 Å². The molecule has 5 rings (SSSR count). The lowest BCUT2D eigenvalue weighted by Crippen LogP contribution is -2.12. The highest BCUT2D eigenvalue weighted by molar-refractivity contribution is 7.23. The van der Waals surface area contributed by atoms with Gasteiger partial charge < -0.3 is 14.8 Å². The van der Waals surface area contributed by atoms with Crippen LogP contribution in [0.1, 0.15) is 43.5 Å². The van der Waals surface area contributed by atoms with Gasteiger partial charge >= 0.3 is 0 Å². The Morgan fingerprint density at radius 1 is 1.34 bits per heavy atom. The van der Waals surface area contributed by atoms with Crippen molar-refractivity contribution in [2.75, 3.05) is 5.32 Å². The fraction of sp³-hybridized carbons (Fsp3) is 0.333. The lowest BCUT2D eigenvalue weighted by Gasteiger charge is -2.11. The maximum atomic E-state index is 12.1. The first-order valence-corrected chi connectivity index (χ1v) is 10.5. The molecule has 1 aromatic carbocycles. The third kappa shape index (κ3) is 3.18. The third-order valence-corrected chi connectivity index (χ3v) is 6.28. The zero-order valence-corrected chi connectivity index (χ0v) is 16.9. The number of oxazole rings is 1. The van der Waals surface area contributed by atoms with Crippen LogP contribution in [0.3, 0.4) is 0 Å². The van der Waals surface area contributed by atoms with Gasteiger partial charge in [0.1, 0.15) is 5.52 Å². The van der Waals surface area contributed by atoms with Crippen LogP contribution in [0, 0.1) is 12.8 Å². The van der Waals surface area contributed by atoms with Gasteiger partial charge in [-0.05, 0) is 43.9 Å². The lowest BCUT2D eigenvalue weighted by atomic mass is 9.99. The number of rotatable bonds is 5. The first kappa shape index (κ1) is 18.2. The van der Waals surface area contributed by atoms with Gasteiger partial charge in [-0.1, -0.05) is 18.3 Å². The first-order chi connectivity index (χ1) is 14.0. The number of aliphatic hydroxyl groups is 1. The largest absolute Gasteiger partial charge is 0.443 e. The fourth-order valence-corrected chi connectivity index (χ4v) is 4.40. The highest BCUT2D eigenvalue weighted by Gasteiger charge is 2.30. The Kier molecular flexibility index (Phi) is 4.33. The molecular weight excluding hydrogens is 388 g/mol. The molecule has 148 valence electrons. The van der Waals surface area contributed by atoms with Crippen LogP contribution in [0.25, 0.3) is 32.4 Å². The summed E-state index contributed by atoms with van der Waals surface area (Å²) in [6.07, 6.45) is 5.11. The van der Waals surface area contributed by atoms with Crippen molar-refractivity contribution in [1.82, 2.24) is 15.0 Å². The molecular formula is C21H20N4O3S. The van der Waals surface area contributed by atoms with E-state index in [4.69, 9.17) is 4.42 Å². The maximum absolute atomic E-state index is 12.1. The maximum Gasteiger partial charge on any atom is 0.229 e. The molecule has 7 nitrogen and oxygen atoms in total. The molecule has 1 atom stereocenters. The van der Waals surface area contributed by atoms with E-state index in [1.54, 1.807) is 6.20 Å². The molecule has 0 spiro atoms. The number of hydrogen-bond donors (Lipinski definition) is 2. The molecule has 29 heavy (non-hydrogen) atoms. The predicted octanol–water partition coefficient (Wildman–Crippen LogP) is 4.60. The van der Waals surface area contributed by atoms with Gasteiger partial charge in [0.25, 0.3) is 0 Å². The van der Waals surface area contributed by atoms with Gasteiger partial charge in [0.15, 0.2) is 17.1 Å². The second kappa shape index (κ2) is 6.89. The molecule has 0 saturated heterocycles. The number of nitrogens with one attached hydrogen (secondary N) is 1. The van der Waals surface area contributed by atoms with E-state index >= 15 is 0 Å². The van der Waals surface area contributed by atoms with Crippen LogP contribution < -0.4 is 5.32 Å². The van der Waals surface area contributed by atoms with Gasteiger partial charge in [-0.3, -0.25) is 9.78 Å². The number of carbonyl (C=O) groups is 1. The minimum absolute atomic E-state index is 0.0331. The molecule has 0 radical (unpaired) electrons. The van der Waals surface area contributed by atoms with Crippen molar-refractivity contribution < 1.29 is 14.3 Å². The van der Waals surface area contributed by atoms with Gasteiger partial charge in [-0.25, -0.2) is 9.97 Å². The minimum Gasteiger partial charge on any atom is -0.443 e. The smallest absolute Gasteiger partial charge is 0.229 e. The van der Waals surface area contributed by atoms with Crippen LogP contribution in [-0.4, -0.2) is 26.0 Å². The number of pyridine rings is 1. The molecule has 8 heteroatoms. The van der Waals surface area contributed by atoms with Crippen molar-refractivity contribution in [3.8, 4) is 11.1 Å². The topological polar surface area (TPSA) is 101 Å². The van der Waals surface area contributed by atoms with E-state index in [2.05, 4.69) is 20.3 Å². The summed E-state index contributed by atoms with van der Waals surface area (Å²) >= 11 is 1.41. The minimum atomic E-state index is -0.577. The number of anilines is 1. The number of thiazole rings is 1. The Balaban J connectivity index is 1.62. The highest BCUT2D eigenvalue weighted by atomic mass is 32.1. The normalized spacial score (nSPS) is 15.1. The number of fused-ring (bicyclic) bond motifs is 3. The average Bonchev–Trinajstić information content (AvgIpc) is 3.31. The molecule has 1 aliphatic rings. The van der Waals surface area contributed by atoms with Crippen LogP contribution >= 0.6 is 11.3 Å². The van der Waals surface area contributed by atoms with Crippen molar-refractivity contribution in [2.24, 2.45) is 5.92 Å². The summed E-state index contributed by atoms with van der Waals surface area (Å²) < 4.78 is 6.59. The Morgan fingerprint density at radius 2 is 2.17 bits per heavy atom. The third-order valence-electron chi connectivity index (χ3n) is 5.29. The van der Waals surface area contributed by atoms with Gasteiger partial charge in [0.2, 0.25) is 5.91 Å². The number of benzene rings is 1. The number of hydrogen-bond acceptors (Lipinski definition) is 7. The lowest BCUT2D eigenvalue weighted by molar-refractivity contribution is -0.117. The predicted molar refractivity (Wildman–Crippen MR) is 112 cm³/mol. The van der Waals surface area contributed by atoms with Crippen LogP contribution in [-0.2, 0) is 4.79 Å². The summed E-state index contributed by atoms with van der Waals surface area (Å²) in [5.74, 6) is 0.154. The average molecular weight is 408 g/mol. The molecule has 3 aromatic heterocycles. The van der Waals surface area contributed by atoms with Crippen LogP contribution in [0.2, 0.25) is 0 Å². The molecule has 2 N–H and O–H groups in total. The van der Waals surface area contributed by atoms with Crippen molar-refractivity contribution in [1.29, 1.82) is 0 Å². The molecule has 3 heterocycles. The summed E-state index contributed by atoms with van der Waals surface area (Å²) in [6, 6.07) is 3.85. The fourth-order valence-electron chi connectivity index (χ4n) is 3.46. The summed E-state index contributed by atoms with van der Waals surface area (Å²) in [5.41, 5.74) is 5.53. The van der Waals surface area contributed by atoms with Crippen LogP contribution in [0.5, 0.6) is 0 Å².